The molecular weight excluding hydrogens is 250 g/mol. The van der Waals surface area contributed by atoms with E-state index >= 15 is 0 Å². The Morgan fingerprint density at radius 2 is 1.63 bits per heavy atom. The summed E-state index contributed by atoms with van der Waals surface area (Å²) < 4.78 is 1.17. The lowest BCUT2D eigenvalue weighted by Gasteiger charge is -2.20. The Morgan fingerprint density at radius 3 is 2.00 bits per heavy atom. The summed E-state index contributed by atoms with van der Waals surface area (Å²) in [6.45, 7) is 3.50. The van der Waals surface area contributed by atoms with E-state index in [1.165, 1.54) is 4.57 Å². The number of nitrogens with zero attached hydrogens (tertiary/aromatic N) is 1. The number of fused-ring (bicyclic) bond motifs is 1. The maximum absolute atomic E-state index is 11.7. The van der Waals surface area contributed by atoms with Gasteiger partial charge in [-0.05, 0) is 31.6 Å². The molecule has 0 saturated heterocycles. The molecule has 2 rings (SSSR count). The molecule has 0 fully saturated rings. The number of rotatable bonds is 3. The molecule has 1 atom stereocenters. The molecule has 0 bridgehead atoms. The first kappa shape index (κ1) is 13.7. The standard InChI is InChI=1S/C13H19NO5/c1-7(2)10(13(17)19-18)14-11(15)8-5-3-4-6-9(8)12(14)16/h7,10,15-16,18H,3-6H2,1-2H3. The van der Waals surface area contributed by atoms with Crippen molar-refractivity contribution in [3.8, 4) is 11.8 Å². The van der Waals surface area contributed by atoms with Gasteiger partial charge in [0.05, 0.1) is 0 Å². The third-order valence-electron chi connectivity index (χ3n) is 3.71. The second kappa shape index (κ2) is 5.13. The van der Waals surface area contributed by atoms with Crippen LogP contribution in [0, 0.1) is 5.92 Å². The van der Waals surface area contributed by atoms with E-state index in [1.807, 2.05) is 0 Å². The van der Waals surface area contributed by atoms with Crippen molar-refractivity contribution in [2.45, 2.75) is 45.6 Å². The van der Waals surface area contributed by atoms with Gasteiger partial charge in [-0.25, -0.2) is 4.79 Å². The maximum atomic E-state index is 11.7. The average molecular weight is 269 g/mol. The first-order valence-electron chi connectivity index (χ1n) is 6.48. The van der Waals surface area contributed by atoms with Crippen LogP contribution in [0.5, 0.6) is 11.8 Å². The number of aromatic nitrogens is 1. The van der Waals surface area contributed by atoms with Crippen molar-refractivity contribution in [1.82, 2.24) is 4.57 Å². The Kier molecular flexibility index (Phi) is 3.71. The maximum Gasteiger partial charge on any atom is 0.365 e. The molecular formula is C13H19NO5. The fourth-order valence-electron chi connectivity index (χ4n) is 2.78. The third-order valence-corrected chi connectivity index (χ3v) is 3.71. The van der Waals surface area contributed by atoms with Gasteiger partial charge >= 0.3 is 5.97 Å². The van der Waals surface area contributed by atoms with Crippen molar-refractivity contribution in [3.63, 3.8) is 0 Å². The van der Waals surface area contributed by atoms with Gasteiger partial charge in [0.1, 0.15) is 6.04 Å². The van der Waals surface area contributed by atoms with Gasteiger partial charge in [-0.2, -0.15) is 5.26 Å². The molecule has 1 aromatic heterocycles. The van der Waals surface area contributed by atoms with E-state index in [9.17, 15) is 15.0 Å². The van der Waals surface area contributed by atoms with Crippen molar-refractivity contribution < 1.29 is 25.2 Å². The summed E-state index contributed by atoms with van der Waals surface area (Å²) in [6.07, 6.45) is 3.25. The summed E-state index contributed by atoms with van der Waals surface area (Å²) in [6, 6.07) is -0.949. The molecule has 0 aromatic carbocycles. The Balaban J connectivity index is 2.54. The number of carbonyl (C=O) groups is 1. The van der Waals surface area contributed by atoms with Crippen LogP contribution in [0.25, 0.3) is 0 Å². The van der Waals surface area contributed by atoms with E-state index in [-0.39, 0.29) is 17.7 Å². The summed E-state index contributed by atoms with van der Waals surface area (Å²) in [4.78, 5) is 15.4. The fourth-order valence-corrected chi connectivity index (χ4v) is 2.78. The Bertz CT molecular complexity index is 462. The molecule has 0 spiro atoms. The highest BCUT2D eigenvalue weighted by Gasteiger charge is 2.34. The number of hydrogen-bond donors (Lipinski definition) is 3. The van der Waals surface area contributed by atoms with Crippen LogP contribution in [0.2, 0.25) is 0 Å². The summed E-state index contributed by atoms with van der Waals surface area (Å²) in [5, 5.41) is 29.0. The molecule has 1 aliphatic carbocycles. The van der Waals surface area contributed by atoms with E-state index in [2.05, 4.69) is 4.89 Å². The summed E-state index contributed by atoms with van der Waals surface area (Å²) in [5.74, 6) is -1.34. The monoisotopic (exact) mass is 269 g/mol. The van der Waals surface area contributed by atoms with Crippen LogP contribution in [-0.2, 0) is 22.5 Å². The van der Waals surface area contributed by atoms with Crippen LogP contribution in [-0.4, -0.2) is 26.0 Å². The molecule has 106 valence electrons. The minimum absolute atomic E-state index is 0.101. The molecule has 1 heterocycles. The van der Waals surface area contributed by atoms with E-state index < -0.39 is 12.0 Å². The molecule has 6 heteroatoms. The number of carbonyl (C=O) groups excluding carboxylic acids is 1. The lowest BCUT2D eigenvalue weighted by Crippen LogP contribution is -2.25. The van der Waals surface area contributed by atoms with Crippen LogP contribution in [0.4, 0.5) is 0 Å². The molecule has 0 aliphatic heterocycles. The Labute approximate surface area is 111 Å². The van der Waals surface area contributed by atoms with Gasteiger partial charge in [-0.1, -0.05) is 13.8 Å². The van der Waals surface area contributed by atoms with Crippen LogP contribution >= 0.6 is 0 Å². The molecule has 0 saturated carbocycles. The van der Waals surface area contributed by atoms with E-state index in [0.29, 0.717) is 24.0 Å². The van der Waals surface area contributed by atoms with Crippen LogP contribution in [0.1, 0.15) is 43.9 Å². The molecule has 6 nitrogen and oxygen atoms in total. The van der Waals surface area contributed by atoms with E-state index in [1.54, 1.807) is 13.8 Å². The number of aromatic hydroxyl groups is 2. The van der Waals surface area contributed by atoms with Crippen molar-refractivity contribution in [1.29, 1.82) is 0 Å². The van der Waals surface area contributed by atoms with Gasteiger partial charge < -0.3 is 10.2 Å². The van der Waals surface area contributed by atoms with Gasteiger partial charge in [0, 0.05) is 11.1 Å². The summed E-state index contributed by atoms with van der Waals surface area (Å²) >= 11 is 0. The highest BCUT2D eigenvalue weighted by molar-refractivity contribution is 5.75. The average Bonchev–Trinajstić information content (AvgIpc) is 2.64. The SMILES string of the molecule is CC(C)C(C(=O)OO)n1c(O)c2c(c1O)CCCC2. The molecule has 1 aromatic rings. The van der Waals surface area contributed by atoms with Crippen LogP contribution < -0.4 is 0 Å². The van der Waals surface area contributed by atoms with Gasteiger partial charge in [0.2, 0.25) is 0 Å². The molecule has 19 heavy (non-hydrogen) atoms. The summed E-state index contributed by atoms with van der Waals surface area (Å²) in [5.41, 5.74) is 1.39. The largest absolute Gasteiger partial charge is 0.494 e. The molecule has 0 amide bonds. The summed E-state index contributed by atoms with van der Waals surface area (Å²) in [7, 11) is 0. The fraction of sp³-hybridized carbons (Fsp3) is 0.615. The normalized spacial score (nSPS) is 16.2. The topological polar surface area (TPSA) is 91.9 Å². The lowest BCUT2D eigenvalue weighted by atomic mass is 9.95. The second-order valence-corrected chi connectivity index (χ2v) is 5.28. The quantitative estimate of drug-likeness (QED) is 0.576. The Hall–Kier alpha value is -1.69. The van der Waals surface area contributed by atoms with Crippen molar-refractivity contribution in [3.05, 3.63) is 11.1 Å². The van der Waals surface area contributed by atoms with Crippen LogP contribution in [0.15, 0.2) is 0 Å². The number of hydrogen-bond acceptors (Lipinski definition) is 5. The smallest absolute Gasteiger partial charge is 0.365 e. The van der Waals surface area contributed by atoms with E-state index in [4.69, 9.17) is 5.26 Å². The zero-order valence-electron chi connectivity index (χ0n) is 11.1. The molecule has 1 unspecified atom stereocenters. The van der Waals surface area contributed by atoms with Crippen molar-refractivity contribution in [2.75, 3.05) is 0 Å². The molecule has 1 aliphatic rings. The minimum atomic E-state index is -0.949. The zero-order valence-corrected chi connectivity index (χ0v) is 11.1. The highest BCUT2D eigenvalue weighted by atomic mass is 17.1. The zero-order chi connectivity index (χ0) is 14.2. The minimum Gasteiger partial charge on any atom is -0.494 e. The van der Waals surface area contributed by atoms with Gasteiger partial charge in [0.15, 0.2) is 11.8 Å². The third kappa shape index (κ3) is 2.16. The first-order valence-corrected chi connectivity index (χ1v) is 6.48. The van der Waals surface area contributed by atoms with Crippen LogP contribution in [0.3, 0.4) is 0 Å². The van der Waals surface area contributed by atoms with Gasteiger partial charge in [0.25, 0.3) is 0 Å². The van der Waals surface area contributed by atoms with Gasteiger partial charge in [-0.3, -0.25) is 9.45 Å². The Morgan fingerprint density at radius 1 is 1.16 bits per heavy atom. The van der Waals surface area contributed by atoms with Crippen molar-refractivity contribution in [2.24, 2.45) is 5.92 Å². The molecule has 0 radical (unpaired) electrons. The van der Waals surface area contributed by atoms with Crippen molar-refractivity contribution >= 4 is 5.97 Å². The second-order valence-electron chi connectivity index (χ2n) is 5.28. The van der Waals surface area contributed by atoms with Gasteiger partial charge in [-0.15, -0.1) is 0 Å². The molecule has 3 N–H and O–H groups in total. The lowest BCUT2D eigenvalue weighted by molar-refractivity contribution is -0.239. The predicted octanol–water partition coefficient (Wildman–Crippen LogP) is 1.99. The highest BCUT2D eigenvalue weighted by Crippen LogP contribution is 2.42. The van der Waals surface area contributed by atoms with E-state index in [0.717, 1.165) is 12.8 Å². The predicted molar refractivity (Wildman–Crippen MR) is 67.0 cm³/mol. The first-order chi connectivity index (χ1) is 8.99.